The Kier molecular flexibility index (Phi) is 6.10. The van der Waals surface area contributed by atoms with Gasteiger partial charge in [-0.25, -0.2) is 0 Å². The molecular formula is C26H31N2O3S+. The highest BCUT2D eigenvalue weighted by molar-refractivity contribution is 7.85. The van der Waals surface area contributed by atoms with Crippen LogP contribution in [0.1, 0.15) is 37.8 Å². The number of fused-ring (bicyclic) bond motifs is 2. The Hall–Kier alpha value is -2.70. The van der Waals surface area contributed by atoms with E-state index in [1.165, 1.54) is 11.3 Å². The van der Waals surface area contributed by atoms with Crippen molar-refractivity contribution in [3.05, 3.63) is 78.0 Å². The highest BCUT2D eigenvalue weighted by atomic mass is 32.2. The van der Waals surface area contributed by atoms with Crippen LogP contribution in [-0.4, -0.2) is 31.8 Å². The molecule has 0 saturated heterocycles. The first kappa shape index (κ1) is 22.5. The van der Waals surface area contributed by atoms with E-state index in [4.69, 9.17) is 4.55 Å². The molecule has 168 valence electrons. The average Bonchev–Trinajstić information content (AvgIpc) is 2.95. The number of nitrogens with zero attached hydrogens (tertiary/aromatic N) is 2. The second kappa shape index (κ2) is 8.68. The van der Waals surface area contributed by atoms with Gasteiger partial charge in [-0.15, -0.1) is 0 Å². The quantitative estimate of drug-likeness (QED) is 0.421. The van der Waals surface area contributed by atoms with E-state index >= 15 is 0 Å². The molecule has 0 saturated carbocycles. The lowest BCUT2D eigenvalue weighted by Gasteiger charge is -2.31. The molecule has 1 aliphatic heterocycles. The lowest BCUT2D eigenvalue weighted by molar-refractivity contribution is -0.671. The summed E-state index contributed by atoms with van der Waals surface area (Å²) in [5.41, 5.74) is 4.98. The maximum Gasteiger partial charge on any atom is 0.265 e. The normalized spacial score (nSPS) is 17.9. The number of anilines is 1. The van der Waals surface area contributed by atoms with Crippen LogP contribution < -0.4 is 9.47 Å². The average molecular weight is 452 g/mol. The second-order valence-corrected chi connectivity index (χ2v) is 10.7. The van der Waals surface area contributed by atoms with Gasteiger partial charge in [-0.2, -0.15) is 13.0 Å². The van der Waals surface area contributed by atoms with E-state index in [2.05, 4.69) is 74.3 Å². The molecule has 2 aromatic carbocycles. The van der Waals surface area contributed by atoms with Crippen molar-refractivity contribution in [1.82, 2.24) is 0 Å². The van der Waals surface area contributed by atoms with Crippen molar-refractivity contribution in [2.24, 2.45) is 0 Å². The van der Waals surface area contributed by atoms with Crippen molar-refractivity contribution in [2.45, 2.75) is 44.7 Å². The van der Waals surface area contributed by atoms with E-state index in [0.717, 1.165) is 22.9 Å². The molecule has 1 atom stereocenters. The van der Waals surface area contributed by atoms with Crippen LogP contribution in [0.4, 0.5) is 5.69 Å². The number of aromatic nitrogens is 1. The van der Waals surface area contributed by atoms with Gasteiger partial charge in [-0.3, -0.25) is 4.55 Å². The lowest BCUT2D eigenvalue weighted by atomic mass is 9.79. The molecule has 0 fully saturated rings. The fourth-order valence-corrected chi connectivity index (χ4v) is 5.49. The zero-order valence-electron chi connectivity index (χ0n) is 18.9. The topological polar surface area (TPSA) is 61.5 Å². The monoisotopic (exact) mass is 451 g/mol. The number of pyridine rings is 1. The number of likely N-dealkylation sites (N-methyl/N-ethyl adjacent to an activating group) is 1. The Morgan fingerprint density at radius 1 is 1.09 bits per heavy atom. The van der Waals surface area contributed by atoms with E-state index in [1.807, 2.05) is 29.0 Å². The van der Waals surface area contributed by atoms with Gasteiger partial charge in [-0.05, 0) is 29.7 Å². The molecule has 2 heterocycles. The molecule has 5 nitrogen and oxygen atoms in total. The first-order valence-corrected chi connectivity index (χ1v) is 12.6. The molecule has 0 radical (unpaired) electrons. The SMILES string of the molecule is CN1c2ccccc2C(C)(C)C1C/C=C/c1cc[n+](CCCS(=O)(=O)O)c2ccccc12. The van der Waals surface area contributed by atoms with Crippen molar-refractivity contribution in [3.63, 3.8) is 0 Å². The zero-order valence-corrected chi connectivity index (χ0v) is 19.7. The van der Waals surface area contributed by atoms with Gasteiger partial charge >= 0.3 is 0 Å². The molecule has 1 unspecified atom stereocenters. The minimum Gasteiger partial charge on any atom is -0.370 e. The van der Waals surface area contributed by atoms with Gasteiger partial charge in [-0.1, -0.05) is 56.3 Å². The van der Waals surface area contributed by atoms with E-state index < -0.39 is 10.1 Å². The molecule has 1 aliphatic rings. The number of para-hydroxylation sites is 2. The Morgan fingerprint density at radius 3 is 2.56 bits per heavy atom. The summed E-state index contributed by atoms with van der Waals surface area (Å²) < 4.78 is 33.1. The molecule has 0 spiro atoms. The van der Waals surface area contributed by atoms with Crippen molar-refractivity contribution in [1.29, 1.82) is 0 Å². The van der Waals surface area contributed by atoms with Gasteiger partial charge < -0.3 is 4.90 Å². The molecule has 1 aromatic heterocycles. The Balaban J connectivity index is 1.54. The van der Waals surface area contributed by atoms with E-state index in [-0.39, 0.29) is 11.2 Å². The summed E-state index contributed by atoms with van der Waals surface area (Å²) in [5, 5.41) is 1.13. The minimum absolute atomic E-state index is 0.0739. The molecule has 6 heteroatoms. The summed E-state index contributed by atoms with van der Waals surface area (Å²) in [6.07, 6.45) is 7.76. The summed E-state index contributed by atoms with van der Waals surface area (Å²) in [6.45, 7) is 5.17. The van der Waals surface area contributed by atoms with Gasteiger partial charge in [0.05, 0.1) is 11.1 Å². The molecular weight excluding hydrogens is 420 g/mol. The summed E-state index contributed by atoms with van der Waals surface area (Å²) in [5.74, 6) is -0.233. The van der Waals surface area contributed by atoms with Crippen LogP contribution in [0.15, 0.2) is 66.9 Å². The van der Waals surface area contributed by atoms with Gasteiger partial charge in [0.1, 0.15) is 6.54 Å². The Morgan fingerprint density at radius 2 is 1.81 bits per heavy atom. The number of hydrogen-bond donors (Lipinski definition) is 1. The van der Waals surface area contributed by atoms with Gasteiger partial charge in [0.15, 0.2) is 6.20 Å². The van der Waals surface area contributed by atoms with E-state index in [1.54, 1.807) is 0 Å². The number of aryl methyl sites for hydroxylation is 1. The molecule has 4 rings (SSSR count). The number of hydrogen-bond acceptors (Lipinski definition) is 3. The van der Waals surface area contributed by atoms with Crippen LogP contribution in [0, 0.1) is 0 Å². The lowest BCUT2D eigenvalue weighted by Crippen LogP contribution is -2.38. The zero-order chi connectivity index (χ0) is 22.9. The first-order chi connectivity index (χ1) is 15.2. The molecule has 0 aliphatic carbocycles. The number of benzene rings is 2. The third-order valence-electron chi connectivity index (χ3n) is 6.70. The van der Waals surface area contributed by atoms with E-state index in [0.29, 0.717) is 19.0 Å². The third-order valence-corrected chi connectivity index (χ3v) is 7.50. The van der Waals surface area contributed by atoms with E-state index in [9.17, 15) is 8.42 Å². The largest absolute Gasteiger partial charge is 0.370 e. The molecule has 0 bridgehead atoms. The van der Waals surface area contributed by atoms with Crippen LogP contribution in [0.5, 0.6) is 0 Å². The Bertz CT molecular complexity index is 1270. The summed E-state index contributed by atoms with van der Waals surface area (Å²) in [7, 11) is -1.76. The molecule has 3 aromatic rings. The predicted octanol–water partition coefficient (Wildman–Crippen LogP) is 4.60. The van der Waals surface area contributed by atoms with Crippen molar-refractivity contribution >= 4 is 32.8 Å². The van der Waals surface area contributed by atoms with Crippen molar-refractivity contribution in [3.8, 4) is 0 Å². The highest BCUT2D eigenvalue weighted by Gasteiger charge is 2.41. The number of rotatable bonds is 7. The Labute approximate surface area is 190 Å². The third kappa shape index (κ3) is 4.43. The maximum atomic E-state index is 11.0. The summed E-state index contributed by atoms with van der Waals surface area (Å²) in [6, 6.07) is 19.3. The van der Waals surface area contributed by atoms with Crippen LogP contribution in [0.25, 0.3) is 17.0 Å². The van der Waals surface area contributed by atoms with Gasteiger partial charge in [0.2, 0.25) is 5.52 Å². The fourth-order valence-electron chi connectivity index (χ4n) is 5.00. The molecule has 32 heavy (non-hydrogen) atoms. The van der Waals surface area contributed by atoms with Crippen molar-refractivity contribution in [2.75, 3.05) is 17.7 Å². The minimum atomic E-state index is -3.94. The van der Waals surface area contributed by atoms with Crippen LogP contribution in [0.2, 0.25) is 0 Å². The smallest absolute Gasteiger partial charge is 0.265 e. The van der Waals surface area contributed by atoms with Crippen LogP contribution in [0.3, 0.4) is 0 Å². The first-order valence-electron chi connectivity index (χ1n) is 11.0. The van der Waals surface area contributed by atoms with Crippen molar-refractivity contribution < 1.29 is 17.5 Å². The standard InChI is InChI=1S/C26H30N2O3S/c1-26(2)22-12-5-7-14-24(22)27(3)25(26)15-8-10-20-16-18-28(17-9-19-32(29,30)31)23-13-6-4-11-21(20)23/h4-8,10-14,16,18,25H,9,15,17,19H2,1-3H3/p+1/b10-8+. The van der Waals surface area contributed by atoms with Gasteiger partial charge in [0.25, 0.3) is 10.1 Å². The highest BCUT2D eigenvalue weighted by Crippen LogP contribution is 2.45. The fraction of sp³-hybridized carbons (Fsp3) is 0.346. The predicted molar refractivity (Wildman–Crippen MR) is 130 cm³/mol. The molecule has 0 amide bonds. The second-order valence-electron chi connectivity index (χ2n) is 9.12. The molecule has 1 N–H and O–H groups in total. The summed E-state index contributed by atoms with van der Waals surface area (Å²) in [4.78, 5) is 2.39. The van der Waals surface area contributed by atoms with Gasteiger partial charge in [0, 0.05) is 42.7 Å². The van der Waals surface area contributed by atoms with Crippen LogP contribution in [-0.2, 0) is 22.1 Å². The summed E-state index contributed by atoms with van der Waals surface area (Å²) >= 11 is 0. The van der Waals surface area contributed by atoms with Crippen LogP contribution >= 0.6 is 0 Å². The maximum absolute atomic E-state index is 11.0.